The molecule has 0 saturated carbocycles. The highest BCUT2D eigenvalue weighted by atomic mass is 79.9. The molecule has 1 heterocycles. The van der Waals surface area contributed by atoms with Gasteiger partial charge in [0.2, 0.25) is 0 Å². The Morgan fingerprint density at radius 3 is 2.36 bits per heavy atom. The van der Waals surface area contributed by atoms with Crippen LogP contribution in [-0.4, -0.2) is 4.57 Å². The highest BCUT2D eigenvalue weighted by Crippen LogP contribution is 2.35. The zero-order valence-electron chi connectivity index (χ0n) is 11.4. The van der Waals surface area contributed by atoms with Crippen LogP contribution in [0.25, 0.3) is 27.5 Å². The van der Waals surface area contributed by atoms with Crippen molar-refractivity contribution in [3.05, 3.63) is 76.8 Å². The molecule has 0 unspecified atom stereocenters. The molecule has 0 fully saturated rings. The van der Waals surface area contributed by atoms with E-state index in [4.69, 9.17) is 0 Å². The van der Waals surface area contributed by atoms with Crippen LogP contribution in [0, 0.1) is 11.6 Å². The van der Waals surface area contributed by atoms with Crippen LogP contribution >= 0.6 is 15.9 Å². The van der Waals surface area contributed by atoms with Crippen molar-refractivity contribution < 1.29 is 8.78 Å². The molecule has 1 nitrogen and oxygen atoms in total. The summed E-state index contributed by atoms with van der Waals surface area (Å²) < 4.78 is 30.8. The van der Waals surface area contributed by atoms with E-state index in [1.54, 1.807) is 0 Å². The maximum Gasteiger partial charge on any atom is 0.136 e. The van der Waals surface area contributed by atoms with Gasteiger partial charge in [-0.05, 0) is 40.2 Å². The van der Waals surface area contributed by atoms with Crippen molar-refractivity contribution in [3.63, 3.8) is 0 Å². The summed E-state index contributed by atoms with van der Waals surface area (Å²) in [5.74, 6) is -1.13. The van der Waals surface area contributed by atoms with Gasteiger partial charge in [0.15, 0.2) is 0 Å². The molecule has 0 saturated heterocycles. The van der Waals surface area contributed by atoms with Crippen molar-refractivity contribution in [2.75, 3.05) is 0 Å². The number of benzene rings is 3. The first-order valence-electron chi connectivity index (χ1n) is 6.80. The number of hydrogen-bond acceptors (Lipinski definition) is 0. The Bertz CT molecular complexity index is 1020. The van der Waals surface area contributed by atoms with E-state index in [1.807, 2.05) is 53.1 Å². The summed E-state index contributed by atoms with van der Waals surface area (Å²) in [6, 6.07) is 17.4. The largest absolute Gasteiger partial charge is 0.308 e. The summed E-state index contributed by atoms with van der Waals surface area (Å²) in [6.07, 6.45) is 0. The smallest absolute Gasteiger partial charge is 0.136 e. The molecule has 0 spiro atoms. The lowest BCUT2D eigenvalue weighted by atomic mass is 10.1. The van der Waals surface area contributed by atoms with Gasteiger partial charge in [0, 0.05) is 21.3 Å². The van der Waals surface area contributed by atoms with Gasteiger partial charge in [-0.3, -0.25) is 0 Å². The van der Waals surface area contributed by atoms with E-state index in [9.17, 15) is 8.78 Å². The quantitative estimate of drug-likeness (QED) is 0.404. The van der Waals surface area contributed by atoms with E-state index in [2.05, 4.69) is 15.9 Å². The number of para-hydroxylation sites is 2. The van der Waals surface area contributed by atoms with Gasteiger partial charge < -0.3 is 4.57 Å². The molecule has 4 heteroatoms. The van der Waals surface area contributed by atoms with Crippen molar-refractivity contribution in [1.82, 2.24) is 4.57 Å². The van der Waals surface area contributed by atoms with Crippen LogP contribution in [0.15, 0.2) is 65.1 Å². The van der Waals surface area contributed by atoms with Crippen LogP contribution in [0.4, 0.5) is 8.78 Å². The minimum Gasteiger partial charge on any atom is -0.308 e. The van der Waals surface area contributed by atoms with Crippen molar-refractivity contribution in [1.29, 1.82) is 0 Å². The average Bonchev–Trinajstić information content (AvgIpc) is 2.82. The lowest BCUT2D eigenvalue weighted by molar-refractivity contribution is 0.592. The highest BCUT2D eigenvalue weighted by molar-refractivity contribution is 9.10. The normalized spacial score (nSPS) is 11.4. The average molecular weight is 358 g/mol. The molecule has 1 aromatic heterocycles. The van der Waals surface area contributed by atoms with Gasteiger partial charge in [-0.25, -0.2) is 8.78 Å². The summed E-state index contributed by atoms with van der Waals surface area (Å²) in [4.78, 5) is 0. The van der Waals surface area contributed by atoms with E-state index in [0.29, 0.717) is 10.9 Å². The fraction of sp³-hybridized carbons (Fsp3) is 0. The second-order valence-electron chi connectivity index (χ2n) is 5.09. The first-order valence-corrected chi connectivity index (χ1v) is 7.59. The fourth-order valence-corrected chi connectivity index (χ4v) is 3.37. The zero-order valence-corrected chi connectivity index (χ0v) is 12.9. The third-order valence-corrected chi connectivity index (χ3v) is 4.45. The molecule has 0 bridgehead atoms. The molecule has 22 heavy (non-hydrogen) atoms. The van der Waals surface area contributed by atoms with Crippen molar-refractivity contribution in [2.24, 2.45) is 0 Å². The Morgan fingerprint density at radius 1 is 0.818 bits per heavy atom. The highest BCUT2D eigenvalue weighted by Gasteiger charge is 2.17. The topological polar surface area (TPSA) is 4.93 Å². The summed E-state index contributed by atoms with van der Waals surface area (Å²) in [5.41, 5.74) is 2.21. The Kier molecular flexibility index (Phi) is 3.01. The molecular weight excluding hydrogens is 348 g/mol. The second-order valence-corrected chi connectivity index (χ2v) is 5.94. The monoisotopic (exact) mass is 357 g/mol. The van der Waals surface area contributed by atoms with Crippen molar-refractivity contribution in [3.8, 4) is 5.69 Å². The number of halogens is 3. The van der Waals surface area contributed by atoms with E-state index in [1.165, 1.54) is 6.07 Å². The van der Waals surface area contributed by atoms with Crippen LogP contribution in [0.3, 0.4) is 0 Å². The maximum atomic E-state index is 14.3. The first kappa shape index (κ1) is 13.5. The molecule has 0 atom stereocenters. The van der Waals surface area contributed by atoms with Crippen LogP contribution in [0.2, 0.25) is 0 Å². The zero-order chi connectivity index (χ0) is 15.3. The Labute approximate surface area is 133 Å². The van der Waals surface area contributed by atoms with Crippen molar-refractivity contribution in [2.45, 2.75) is 0 Å². The van der Waals surface area contributed by atoms with Gasteiger partial charge in [-0.15, -0.1) is 0 Å². The molecular formula is C18H10BrF2N. The molecule has 0 amide bonds. The van der Waals surface area contributed by atoms with Gasteiger partial charge in [-0.1, -0.05) is 30.3 Å². The van der Waals surface area contributed by atoms with Gasteiger partial charge in [0.25, 0.3) is 0 Å². The molecule has 0 aliphatic carbocycles. The molecule has 0 radical (unpaired) electrons. The van der Waals surface area contributed by atoms with E-state index in [-0.39, 0.29) is 0 Å². The minimum absolute atomic E-state index is 0.438. The second kappa shape index (κ2) is 4.92. The third kappa shape index (κ3) is 1.87. The van der Waals surface area contributed by atoms with Gasteiger partial charge >= 0.3 is 0 Å². The molecule has 0 aliphatic rings. The van der Waals surface area contributed by atoms with E-state index < -0.39 is 11.6 Å². The fourth-order valence-electron chi connectivity index (χ4n) is 2.91. The Balaban J connectivity index is 2.28. The van der Waals surface area contributed by atoms with Gasteiger partial charge in [0.1, 0.15) is 11.6 Å². The number of fused-ring (bicyclic) bond motifs is 3. The number of aromatic nitrogens is 1. The summed E-state index contributed by atoms with van der Waals surface area (Å²) in [7, 11) is 0. The SMILES string of the molecule is Fc1cc(F)c2c3ccccc3n(-c3ccccc3Br)c2c1. The number of nitrogens with zero attached hydrogens (tertiary/aromatic N) is 1. The van der Waals surface area contributed by atoms with Crippen molar-refractivity contribution >= 4 is 37.7 Å². The van der Waals surface area contributed by atoms with E-state index in [0.717, 1.165) is 27.1 Å². The molecule has 4 rings (SSSR count). The molecule has 3 aromatic carbocycles. The molecule has 0 N–H and O–H groups in total. The van der Waals surface area contributed by atoms with Gasteiger partial charge in [-0.2, -0.15) is 0 Å². The summed E-state index contributed by atoms with van der Waals surface area (Å²) in [6.45, 7) is 0. The van der Waals surface area contributed by atoms with Gasteiger partial charge in [0.05, 0.1) is 16.7 Å². The molecule has 0 aliphatic heterocycles. The van der Waals surface area contributed by atoms with Crippen LogP contribution < -0.4 is 0 Å². The lowest BCUT2D eigenvalue weighted by Gasteiger charge is -2.09. The standard InChI is InChI=1S/C18H10BrF2N/c19-13-6-2-4-8-16(13)22-15-7-3-1-5-12(15)18-14(21)9-11(20)10-17(18)22/h1-10H. The minimum atomic E-state index is -0.582. The number of rotatable bonds is 1. The Morgan fingerprint density at radius 2 is 1.55 bits per heavy atom. The first-order chi connectivity index (χ1) is 10.7. The Hall–Kier alpha value is -2.20. The van der Waals surface area contributed by atoms with Crippen LogP contribution in [0.1, 0.15) is 0 Å². The lowest BCUT2D eigenvalue weighted by Crippen LogP contribution is -1.95. The number of hydrogen-bond donors (Lipinski definition) is 0. The van der Waals surface area contributed by atoms with Crippen LogP contribution in [0.5, 0.6) is 0 Å². The predicted molar refractivity (Wildman–Crippen MR) is 88.4 cm³/mol. The third-order valence-electron chi connectivity index (χ3n) is 3.78. The van der Waals surface area contributed by atoms with E-state index >= 15 is 0 Å². The summed E-state index contributed by atoms with van der Waals surface area (Å²) >= 11 is 3.52. The predicted octanol–water partition coefficient (Wildman–Crippen LogP) is 5.82. The van der Waals surface area contributed by atoms with Crippen LogP contribution in [-0.2, 0) is 0 Å². The molecule has 108 valence electrons. The maximum absolute atomic E-state index is 14.3. The molecule has 4 aromatic rings. The summed E-state index contributed by atoms with van der Waals surface area (Å²) in [5, 5.41) is 1.21.